The first-order valence-electron chi connectivity index (χ1n) is 7.96. The van der Waals surface area contributed by atoms with Gasteiger partial charge in [0.2, 0.25) is 0 Å². The van der Waals surface area contributed by atoms with E-state index in [0.29, 0.717) is 17.5 Å². The van der Waals surface area contributed by atoms with Crippen LogP contribution in [0.1, 0.15) is 11.1 Å². The Morgan fingerprint density at radius 2 is 1.67 bits per heavy atom. The number of hydrogen-bond donors (Lipinski definition) is 0. The molecule has 1 saturated heterocycles. The lowest BCUT2D eigenvalue weighted by molar-refractivity contribution is -0.137. The molecule has 0 saturated carbocycles. The molecule has 27 heavy (non-hydrogen) atoms. The molecule has 1 heterocycles. The van der Waals surface area contributed by atoms with Gasteiger partial charge in [-0.25, -0.2) is 0 Å². The summed E-state index contributed by atoms with van der Waals surface area (Å²) < 4.78 is 44.7. The molecule has 3 rings (SSSR count). The van der Waals surface area contributed by atoms with Gasteiger partial charge in [-0.3, -0.25) is 14.5 Å². The molecule has 0 aliphatic carbocycles. The molecule has 0 bridgehead atoms. The Hall–Kier alpha value is -2.74. The smallest absolute Gasteiger partial charge is 0.416 e. The zero-order valence-electron chi connectivity index (χ0n) is 13.9. The van der Waals surface area contributed by atoms with Gasteiger partial charge in [0.15, 0.2) is 0 Å². The number of para-hydroxylation sites is 1. The maximum absolute atomic E-state index is 13.1. The number of carbonyl (C=O) groups is 2. The van der Waals surface area contributed by atoms with Gasteiger partial charge in [0.05, 0.1) is 17.0 Å². The molecule has 2 amide bonds. The van der Waals surface area contributed by atoms with E-state index in [4.69, 9.17) is 4.74 Å². The normalized spacial score (nSPS) is 16.3. The maximum atomic E-state index is 13.1. The molecule has 0 N–H and O–H groups in total. The SMILES string of the molecule is O=C1S/C(=C\c2ccccc2C(F)(F)F)C(=O)N1CCOc1ccccc1. The number of alkyl halides is 3. The summed E-state index contributed by atoms with van der Waals surface area (Å²) in [5.74, 6) is -0.0299. The van der Waals surface area contributed by atoms with E-state index in [1.807, 2.05) is 6.07 Å². The third-order valence-electron chi connectivity index (χ3n) is 3.75. The summed E-state index contributed by atoms with van der Waals surface area (Å²) in [6, 6.07) is 13.8. The van der Waals surface area contributed by atoms with E-state index in [0.717, 1.165) is 17.0 Å². The number of nitrogens with zero attached hydrogens (tertiary/aromatic N) is 1. The molecule has 2 aromatic rings. The van der Waals surface area contributed by atoms with Crippen LogP contribution in [0, 0.1) is 0 Å². The largest absolute Gasteiger partial charge is 0.492 e. The Kier molecular flexibility index (Phi) is 5.55. The molecule has 2 aromatic carbocycles. The molecule has 4 nitrogen and oxygen atoms in total. The number of rotatable bonds is 5. The van der Waals surface area contributed by atoms with Gasteiger partial charge in [0.1, 0.15) is 12.4 Å². The van der Waals surface area contributed by atoms with Crippen LogP contribution in [0.25, 0.3) is 6.08 Å². The highest BCUT2D eigenvalue weighted by atomic mass is 32.2. The summed E-state index contributed by atoms with van der Waals surface area (Å²) in [6.45, 7) is 0.103. The standard InChI is InChI=1S/C19H14F3NO3S/c20-19(21,22)15-9-5-4-6-13(15)12-16-17(24)23(18(25)27-16)10-11-26-14-7-2-1-3-8-14/h1-9,12H,10-11H2/b16-12-. The van der Waals surface area contributed by atoms with Crippen LogP contribution in [0.4, 0.5) is 18.0 Å². The second-order valence-electron chi connectivity index (χ2n) is 5.58. The van der Waals surface area contributed by atoms with E-state index >= 15 is 0 Å². The number of carbonyl (C=O) groups excluding carboxylic acids is 2. The molecular weight excluding hydrogens is 379 g/mol. The zero-order chi connectivity index (χ0) is 19.4. The van der Waals surface area contributed by atoms with Crippen molar-refractivity contribution in [1.82, 2.24) is 4.90 Å². The predicted molar refractivity (Wildman–Crippen MR) is 96.1 cm³/mol. The monoisotopic (exact) mass is 393 g/mol. The van der Waals surface area contributed by atoms with Gasteiger partial charge < -0.3 is 4.74 Å². The lowest BCUT2D eigenvalue weighted by Crippen LogP contribution is -2.32. The fourth-order valence-electron chi connectivity index (χ4n) is 2.49. The van der Waals surface area contributed by atoms with Crippen LogP contribution in [0.3, 0.4) is 0 Å². The van der Waals surface area contributed by atoms with Gasteiger partial charge in [-0.05, 0) is 41.6 Å². The molecule has 0 unspecified atom stereocenters. The summed E-state index contributed by atoms with van der Waals surface area (Å²) in [6.07, 6.45) is -3.45. The number of halogens is 3. The molecule has 0 spiro atoms. The molecule has 1 aliphatic rings. The number of amides is 2. The van der Waals surface area contributed by atoms with E-state index in [2.05, 4.69) is 0 Å². The summed E-state index contributed by atoms with van der Waals surface area (Å²) in [5.41, 5.74) is -1.01. The van der Waals surface area contributed by atoms with Crippen LogP contribution < -0.4 is 4.74 Å². The van der Waals surface area contributed by atoms with Crippen LogP contribution in [-0.4, -0.2) is 29.2 Å². The average molecular weight is 393 g/mol. The van der Waals surface area contributed by atoms with Crippen molar-refractivity contribution in [2.75, 3.05) is 13.2 Å². The van der Waals surface area contributed by atoms with Gasteiger partial charge in [-0.1, -0.05) is 36.4 Å². The van der Waals surface area contributed by atoms with E-state index in [1.165, 1.54) is 18.2 Å². The first-order valence-corrected chi connectivity index (χ1v) is 8.77. The summed E-state index contributed by atoms with van der Waals surface area (Å²) in [7, 11) is 0. The van der Waals surface area contributed by atoms with E-state index < -0.39 is 22.9 Å². The fraction of sp³-hybridized carbons (Fsp3) is 0.158. The van der Waals surface area contributed by atoms with Gasteiger partial charge in [0.25, 0.3) is 11.1 Å². The Morgan fingerprint density at radius 1 is 1.00 bits per heavy atom. The zero-order valence-corrected chi connectivity index (χ0v) is 14.7. The van der Waals surface area contributed by atoms with Crippen LogP contribution >= 0.6 is 11.8 Å². The van der Waals surface area contributed by atoms with Crippen molar-refractivity contribution in [2.45, 2.75) is 6.18 Å². The highest BCUT2D eigenvalue weighted by Gasteiger charge is 2.37. The molecular formula is C19H14F3NO3S. The first kappa shape index (κ1) is 19.0. The third-order valence-corrected chi connectivity index (χ3v) is 4.66. The minimum absolute atomic E-state index is 0.0117. The minimum atomic E-state index is -4.55. The molecule has 0 aromatic heterocycles. The average Bonchev–Trinajstić information content (AvgIpc) is 2.89. The topological polar surface area (TPSA) is 46.6 Å². The second-order valence-corrected chi connectivity index (χ2v) is 6.57. The van der Waals surface area contributed by atoms with Crippen LogP contribution in [0.5, 0.6) is 5.75 Å². The van der Waals surface area contributed by atoms with E-state index in [1.54, 1.807) is 24.3 Å². The second kappa shape index (κ2) is 7.87. The van der Waals surface area contributed by atoms with Crippen molar-refractivity contribution >= 4 is 29.0 Å². The van der Waals surface area contributed by atoms with Crippen LogP contribution in [0.15, 0.2) is 59.5 Å². The molecule has 0 radical (unpaired) electrons. The first-order chi connectivity index (χ1) is 12.9. The predicted octanol–water partition coefficient (Wildman–Crippen LogP) is 4.82. The lowest BCUT2D eigenvalue weighted by atomic mass is 10.1. The summed E-state index contributed by atoms with van der Waals surface area (Å²) in [5, 5.41) is -0.535. The number of thioether (sulfide) groups is 1. The Bertz CT molecular complexity index is 881. The highest BCUT2D eigenvalue weighted by molar-refractivity contribution is 8.18. The van der Waals surface area contributed by atoms with Crippen LogP contribution in [0.2, 0.25) is 0 Å². The molecule has 1 aliphatic heterocycles. The van der Waals surface area contributed by atoms with Crippen molar-refractivity contribution in [3.05, 3.63) is 70.6 Å². The van der Waals surface area contributed by atoms with E-state index in [-0.39, 0.29) is 23.6 Å². The number of ether oxygens (including phenoxy) is 1. The molecule has 0 atom stereocenters. The van der Waals surface area contributed by atoms with Crippen molar-refractivity contribution in [3.8, 4) is 5.75 Å². The Morgan fingerprint density at radius 3 is 2.37 bits per heavy atom. The van der Waals surface area contributed by atoms with Gasteiger partial charge in [-0.15, -0.1) is 0 Å². The Balaban J connectivity index is 1.72. The van der Waals surface area contributed by atoms with Gasteiger partial charge >= 0.3 is 6.18 Å². The minimum Gasteiger partial charge on any atom is -0.492 e. The summed E-state index contributed by atoms with van der Waals surface area (Å²) >= 11 is 0.618. The third kappa shape index (κ3) is 4.51. The molecule has 8 heteroatoms. The van der Waals surface area contributed by atoms with Crippen molar-refractivity contribution in [1.29, 1.82) is 0 Å². The quantitative estimate of drug-likeness (QED) is 0.684. The number of imide groups is 1. The molecule has 140 valence electrons. The summed E-state index contributed by atoms with van der Waals surface area (Å²) in [4.78, 5) is 25.4. The van der Waals surface area contributed by atoms with Gasteiger partial charge in [0, 0.05) is 0 Å². The number of benzene rings is 2. The maximum Gasteiger partial charge on any atom is 0.416 e. The van der Waals surface area contributed by atoms with Gasteiger partial charge in [-0.2, -0.15) is 13.2 Å². The fourth-order valence-corrected chi connectivity index (χ4v) is 3.34. The highest BCUT2D eigenvalue weighted by Crippen LogP contribution is 2.36. The van der Waals surface area contributed by atoms with Crippen molar-refractivity contribution < 1.29 is 27.5 Å². The lowest BCUT2D eigenvalue weighted by Gasteiger charge is -2.13. The van der Waals surface area contributed by atoms with Crippen molar-refractivity contribution in [2.24, 2.45) is 0 Å². The van der Waals surface area contributed by atoms with E-state index in [9.17, 15) is 22.8 Å². The molecule has 1 fully saturated rings. The van der Waals surface area contributed by atoms with Crippen LogP contribution in [-0.2, 0) is 11.0 Å². The van der Waals surface area contributed by atoms with Crippen molar-refractivity contribution in [3.63, 3.8) is 0 Å². The Labute approximate surface area is 157 Å². The number of hydrogen-bond acceptors (Lipinski definition) is 4.